The van der Waals surface area contributed by atoms with Gasteiger partial charge in [0, 0.05) is 12.1 Å². The lowest BCUT2D eigenvalue weighted by Crippen LogP contribution is -2.04. The van der Waals surface area contributed by atoms with Crippen LogP contribution in [0.5, 0.6) is 11.5 Å². The van der Waals surface area contributed by atoms with Crippen LogP contribution in [0.1, 0.15) is 12.8 Å². The average molecular weight is 412 g/mol. The maximum Gasteiger partial charge on any atom is 0.156 e. The number of ether oxygens (including phenoxy) is 2. The third-order valence-corrected chi connectivity index (χ3v) is 3.23. The van der Waals surface area contributed by atoms with Crippen LogP contribution in [0.3, 0.4) is 0 Å². The summed E-state index contributed by atoms with van der Waals surface area (Å²) in [6, 6.07) is 3.23. The first-order chi connectivity index (χ1) is 10.0. The monoisotopic (exact) mass is 409 g/mol. The van der Waals surface area contributed by atoms with Gasteiger partial charge in [0.15, 0.2) is 5.75 Å². The van der Waals surface area contributed by atoms with Crippen molar-refractivity contribution in [1.82, 2.24) is 0 Å². The Labute approximate surface area is 155 Å². The summed E-state index contributed by atoms with van der Waals surface area (Å²) in [5.74, 6) is 5.85. The smallest absolute Gasteiger partial charge is 0.156 e. The predicted molar refractivity (Wildman–Crippen MR) is 93.9 cm³/mol. The van der Waals surface area contributed by atoms with Crippen molar-refractivity contribution in [3.05, 3.63) is 32.7 Å². The molecule has 0 unspecified atom stereocenters. The molecule has 0 aliphatic carbocycles. The summed E-state index contributed by atoms with van der Waals surface area (Å²) >= 11 is 23.2. The van der Waals surface area contributed by atoms with E-state index in [1.165, 1.54) is 6.08 Å². The van der Waals surface area contributed by atoms with Crippen molar-refractivity contribution >= 4 is 58.8 Å². The second-order valence-electron chi connectivity index (χ2n) is 3.95. The lowest BCUT2D eigenvalue weighted by molar-refractivity contribution is 0.129. The van der Waals surface area contributed by atoms with Gasteiger partial charge in [0.1, 0.15) is 16.8 Å². The van der Waals surface area contributed by atoms with E-state index >= 15 is 0 Å². The summed E-state index contributed by atoms with van der Waals surface area (Å²) in [6.07, 6.45) is 3.08. The maximum atomic E-state index is 6.11. The van der Waals surface area contributed by atoms with Crippen LogP contribution in [0.4, 0.5) is 0 Å². The molecule has 0 amide bonds. The van der Waals surface area contributed by atoms with E-state index in [4.69, 9.17) is 61.8 Å². The van der Waals surface area contributed by atoms with Crippen molar-refractivity contribution in [2.24, 2.45) is 5.90 Å². The number of halogens is 5. The molecule has 0 radical (unpaired) electrons. The molecule has 0 bridgehead atoms. The molecule has 0 fully saturated rings. The Bertz CT molecular complexity index is 458. The third kappa shape index (κ3) is 8.53. The molecule has 1 aromatic carbocycles. The number of nitrogens with two attached hydrogens (primary N) is 1. The number of hydrogen-bond donors (Lipinski definition) is 1. The summed E-state index contributed by atoms with van der Waals surface area (Å²) < 4.78 is 11.1. The van der Waals surface area contributed by atoms with E-state index in [2.05, 4.69) is 4.84 Å². The molecule has 0 saturated carbocycles. The fourth-order valence-corrected chi connectivity index (χ4v) is 2.12. The Kier molecular flexibility index (Phi) is 12.3. The molecule has 22 heavy (non-hydrogen) atoms. The molecular formula is C13H16Cl5NO3. The van der Waals surface area contributed by atoms with Crippen molar-refractivity contribution in [2.75, 3.05) is 19.8 Å². The molecule has 0 aliphatic rings. The molecule has 0 aliphatic heterocycles. The number of rotatable bonds is 9. The van der Waals surface area contributed by atoms with E-state index in [0.717, 1.165) is 12.8 Å². The van der Waals surface area contributed by atoms with E-state index in [1.807, 2.05) is 0 Å². The predicted octanol–water partition coefficient (Wildman–Crippen LogP) is 5.16. The van der Waals surface area contributed by atoms with Gasteiger partial charge in [0.05, 0.1) is 23.3 Å². The molecule has 1 rings (SSSR count). The topological polar surface area (TPSA) is 53.7 Å². The minimum Gasteiger partial charge on any atom is -0.490 e. The standard InChI is InChI=1S/C13H15Cl4NO3.ClH/c14-10-7-9(19-6-3-12(16)17)8-11(15)13(10)20-4-1-2-5-21-18;/h3,7-8H,1-2,4-6,18H2;1H. The first kappa shape index (κ1) is 21.9. The van der Waals surface area contributed by atoms with Crippen molar-refractivity contribution in [3.63, 3.8) is 0 Å². The highest BCUT2D eigenvalue weighted by Gasteiger charge is 2.10. The molecule has 0 aromatic heterocycles. The van der Waals surface area contributed by atoms with Crippen molar-refractivity contribution < 1.29 is 14.3 Å². The summed E-state index contributed by atoms with van der Waals surface area (Å²) in [6.45, 7) is 1.16. The molecular weight excluding hydrogens is 395 g/mol. The summed E-state index contributed by atoms with van der Waals surface area (Å²) in [5, 5.41) is 0.738. The lowest BCUT2D eigenvalue weighted by Gasteiger charge is -2.12. The fourth-order valence-electron chi connectivity index (χ4n) is 1.42. The zero-order chi connectivity index (χ0) is 15.7. The molecule has 0 saturated heterocycles. The Morgan fingerprint density at radius 3 is 2.18 bits per heavy atom. The van der Waals surface area contributed by atoms with Crippen LogP contribution in [0.25, 0.3) is 0 Å². The number of unbranched alkanes of at least 4 members (excludes halogenated alkanes) is 1. The molecule has 1 aromatic rings. The van der Waals surface area contributed by atoms with Gasteiger partial charge in [-0.2, -0.15) is 0 Å². The molecule has 2 N–H and O–H groups in total. The third-order valence-electron chi connectivity index (χ3n) is 2.36. The van der Waals surface area contributed by atoms with Gasteiger partial charge in [-0.15, -0.1) is 12.4 Å². The summed E-state index contributed by atoms with van der Waals surface area (Å²) in [4.78, 5) is 4.46. The number of benzene rings is 1. The van der Waals surface area contributed by atoms with Crippen LogP contribution in [-0.2, 0) is 4.84 Å². The average Bonchev–Trinajstić information content (AvgIpc) is 2.40. The fraction of sp³-hybridized carbons (Fsp3) is 0.385. The van der Waals surface area contributed by atoms with Gasteiger partial charge in [-0.25, -0.2) is 5.90 Å². The van der Waals surface area contributed by atoms with Crippen LogP contribution < -0.4 is 15.4 Å². The van der Waals surface area contributed by atoms with Gasteiger partial charge in [-0.1, -0.05) is 46.4 Å². The minimum atomic E-state index is 0. The normalized spacial score (nSPS) is 9.86. The van der Waals surface area contributed by atoms with Gasteiger partial charge in [-0.3, -0.25) is 0 Å². The maximum absolute atomic E-state index is 6.11. The highest BCUT2D eigenvalue weighted by atomic mass is 35.5. The van der Waals surface area contributed by atoms with E-state index < -0.39 is 0 Å². The molecule has 4 nitrogen and oxygen atoms in total. The van der Waals surface area contributed by atoms with Gasteiger partial charge in [0.2, 0.25) is 0 Å². The minimum absolute atomic E-state index is 0. The van der Waals surface area contributed by atoms with Crippen LogP contribution in [0.15, 0.2) is 22.7 Å². The second-order valence-corrected chi connectivity index (χ2v) is 5.77. The van der Waals surface area contributed by atoms with Crippen LogP contribution in [-0.4, -0.2) is 19.8 Å². The first-order valence-corrected chi connectivity index (χ1v) is 7.63. The first-order valence-electron chi connectivity index (χ1n) is 6.12. The van der Waals surface area contributed by atoms with Crippen molar-refractivity contribution in [1.29, 1.82) is 0 Å². The SMILES string of the molecule is Cl.NOCCCCOc1c(Cl)cc(OCC=C(Cl)Cl)cc1Cl. The quantitative estimate of drug-likeness (QED) is 0.450. The van der Waals surface area contributed by atoms with E-state index in [0.29, 0.717) is 34.8 Å². The highest BCUT2D eigenvalue weighted by Crippen LogP contribution is 2.37. The van der Waals surface area contributed by atoms with Crippen molar-refractivity contribution in [2.45, 2.75) is 12.8 Å². The zero-order valence-corrected chi connectivity index (χ0v) is 15.3. The highest BCUT2D eigenvalue weighted by molar-refractivity contribution is 6.55. The molecule has 0 spiro atoms. The molecule has 126 valence electrons. The van der Waals surface area contributed by atoms with Gasteiger partial charge in [0.25, 0.3) is 0 Å². The van der Waals surface area contributed by atoms with Gasteiger partial charge >= 0.3 is 0 Å². The van der Waals surface area contributed by atoms with E-state index in [9.17, 15) is 0 Å². The van der Waals surface area contributed by atoms with Crippen LogP contribution >= 0.6 is 58.8 Å². The largest absolute Gasteiger partial charge is 0.490 e. The Balaban J connectivity index is 0.00000441. The Hall–Kier alpha value is -0.0700. The summed E-state index contributed by atoms with van der Waals surface area (Å²) in [5.41, 5.74) is 0. The molecule has 9 heteroatoms. The van der Waals surface area contributed by atoms with Crippen LogP contribution in [0.2, 0.25) is 10.0 Å². The number of hydrogen-bond acceptors (Lipinski definition) is 4. The van der Waals surface area contributed by atoms with E-state index in [-0.39, 0.29) is 23.5 Å². The zero-order valence-electron chi connectivity index (χ0n) is 11.5. The van der Waals surface area contributed by atoms with Gasteiger partial charge in [-0.05, 0) is 18.9 Å². The Morgan fingerprint density at radius 2 is 1.64 bits per heavy atom. The second kappa shape index (κ2) is 12.4. The van der Waals surface area contributed by atoms with Crippen molar-refractivity contribution in [3.8, 4) is 11.5 Å². The molecule has 0 heterocycles. The van der Waals surface area contributed by atoms with E-state index in [1.54, 1.807) is 12.1 Å². The van der Waals surface area contributed by atoms with Gasteiger partial charge < -0.3 is 14.3 Å². The summed E-state index contributed by atoms with van der Waals surface area (Å²) in [7, 11) is 0. The lowest BCUT2D eigenvalue weighted by atomic mass is 10.3. The molecule has 0 atom stereocenters. The Morgan fingerprint density at radius 1 is 1.05 bits per heavy atom. The van der Waals surface area contributed by atoms with Crippen LogP contribution in [0, 0.1) is 0 Å².